The molecule has 3 unspecified atom stereocenters. The number of esters is 2. The molecule has 0 bridgehead atoms. The van der Waals surface area contributed by atoms with Gasteiger partial charge >= 0.3 is 19.8 Å². The maximum Gasteiger partial charge on any atom is 0.472 e. The molecule has 0 radical (unpaired) electrons. The molecular formula is C18H35O10P. The van der Waals surface area contributed by atoms with Crippen molar-refractivity contribution in [3.8, 4) is 0 Å². The third kappa shape index (κ3) is 15.5. The quantitative estimate of drug-likeness (QED) is 0.164. The smallest absolute Gasteiger partial charge is 0.457 e. The first-order chi connectivity index (χ1) is 13.8. The fourth-order valence-electron chi connectivity index (χ4n) is 2.20. The van der Waals surface area contributed by atoms with Crippen molar-refractivity contribution in [1.29, 1.82) is 0 Å². The molecule has 0 amide bonds. The Morgan fingerprint density at radius 3 is 1.79 bits per heavy atom. The number of hydrogen-bond donors (Lipinski definition) is 3. The van der Waals surface area contributed by atoms with Crippen molar-refractivity contribution in [1.82, 2.24) is 0 Å². The second-order valence-electron chi connectivity index (χ2n) is 6.52. The Morgan fingerprint density at radius 2 is 1.31 bits per heavy atom. The summed E-state index contributed by atoms with van der Waals surface area (Å²) in [5, 5.41) is 18.4. The Kier molecular flexibility index (Phi) is 16.1. The predicted molar refractivity (Wildman–Crippen MR) is 104 cm³/mol. The molecule has 0 aromatic rings. The van der Waals surface area contributed by atoms with Crippen LogP contribution in [0.15, 0.2) is 0 Å². The van der Waals surface area contributed by atoms with Crippen LogP contribution in [0.5, 0.6) is 0 Å². The van der Waals surface area contributed by atoms with E-state index in [1.165, 1.54) is 0 Å². The van der Waals surface area contributed by atoms with Gasteiger partial charge in [0.2, 0.25) is 0 Å². The SMILES string of the molecule is CCCCCCCCC(=O)OC(CO)COP(=O)(O)OCC(CO)OC(=O)CC. The first-order valence-electron chi connectivity index (χ1n) is 10.00. The van der Waals surface area contributed by atoms with E-state index in [1.54, 1.807) is 6.92 Å². The van der Waals surface area contributed by atoms with Gasteiger partial charge in [-0.25, -0.2) is 4.57 Å². The van der Waals surface area contributed by atoms with Crippen molar-refractivity contribution >= 4 is 19.8 Å². The summed E-state index contributed by atoms with van der Waals surface area (Å²) in [5.41, 5.74) is 0. The van der Waals surface area contributed by atoms with Gasteiger partial charge in [-0.1, -0.05) is 46.0 Å². The van der Waals surface area contributed by atoms with Crippen LogP contribution in [-0.4, -0.2) is 65.7 Å². The molecule has 0 fully saturated rings. The second kappa shape index (κ2) is 16.7. The van der Waals surface area contributed by atoms with E-state index >= 15 is 0 Å². The highest BCUT2D eigenvalue weighted by Crippen LogP contribution is 2.43. The lowest BCUT2D eigenvalue weighted by atomic mass is 10.1. The highest BCUT2D eigenvalue weighted by Gasteiger charge is 2.27. The summed E-state index contributed by atoms with van der Waals surface area (Å²) < 4.78 is 31.1. The number of rotatable bonds is 18. The van der Waals surface area contributed by atoms with E-state index in [0.29, 0.717) is 6.42 Å². The minimum atomic E-state index is -4.56. The van der Waals surface area contributed by atoms with Gasteiger partial charge in [-0.15, -0.1) is 0 Å². The minimum Gasteiger partial charge on any atom is -0.457 e. The Hall–Kier alpha value is -1.03. The lowest BCUT2D eigenvalue weighted by Crippen LogP contribution is -2.28. The zero-order chi connectivity index (χ0) is 22.1. The Balaban J connectivity index is 4.20. The van der Waals surface area contributed by atoms with Crippen LogP contribution < -0.4 is 0 Å². The first kappa shape index (κ1) is 28.0. The Morgan fingerprint density at radius 1 is 0.828 bits per heavy atom. The molecular weight excluding hydrogens is 407 g/mol. The molecule has 0 aliphatic carbocycles. The summed E-state index contributed by atoms with van der Waals surface area (Å²) in [6.45, 7) is 1.39. The van der Waals surface area contributed by atoms with Gasteiger partial charge in [0, 0.05) is 12.8 Å². The number of carbonyl (C=O) groups is 2. The Labute approximate surface area is 172 Å². The summed E-state index contributed by atoms with van der Waals surface area (Å²) in [6.07, 6.45) is 4.09. The van der Waals surface area contributed by atoms with E-state index in [1.807, 2.05) is 0 Å². The van der Waals surface area contributed by atoms with Gasteiger partial charge in [-0.2, -0.15) is 0 Å². The van der Waals surface area contributed by atoms with Crippen LogP contribution in [0.1, 0.15) is 65.2 Å². The number of carbonyl (C=O) groups excluding carboxylic acids is 2. The number of phosphoric acid groups is 1. The van der Waals surface area contributed by atoms with E-state index in [0.717, 1.165) is 32.1 Å². The van der Waals surface area contributed by atoms with Crippen LogP contribution >= 0.6 is 7.82 Å². The van der Waals surface area contributed by atoms with Gasteiger partial charge < -0.3 is 24.6 Å². The van der Waals surface area contributed by atoms with E-state index in [4.69, 9.17) is 19.1 Å². The van der Waals surface area contributed by atoms with Crippen LogP contribution in [0.25, 0.3) is 0 Å². The standard InChI is InChI=1S/C18H35O10P/c1-3-5-6-7-8-9-10-18(22)28-16(12-20)14-26-29(23,24)25-13-15(11-19)27-17(21)4-2/h15-16,19-20H,3-14H2,1-2H3,(H,23,24). The lowest BCUT2D eigenvalue weighted by molar-refractivity contribution is -0.153. The molecule has 0 aliphatic rings. The molecule has 0 saturated carbocycles. The molecule has 0 saturated heterocycles. The zero-order valence-electron chi connectivity index (χ0n) is 17.3. The van der Waals surface area contributed by atoms with E-state index in [2.05, 4.69) is 11.4 Å². The third-order valence-corrected chi connectivity index (χ3v) is 4.82. The molecule has 0 aliphatic heterocycles. The summed E-state index contributed by atoms with van der Waals surface area (Å²) in [5.74, 6) is -1.12. The normalized spacial score (nSPS) is 15.3. The van der Waals surface area contributed by atoms with Crippen molar-refractivity contribution in [2.45, 2.75) is 77.4 Å². The van der Waals surface area contributed by atoms with Gasteiger partial charge in [-0.3, -0.25) is 18.6 Å². The molecule has 0 spiro atoms. The maximum absolute atomic E-state index is 11.9. The molecule has 0 aromatic carbocycles. The molecule has 10 nitrogen and oxygen atoms in total. The van der Waals surface area contributed by atoms with Crippen molar-refractivity contribution < 1.29 is 47.8 Å². The maximum atomic E-state index is 11.9. The van der Waals surface area contributed by atoms with E-state index in [-0.39, 0.29) is 12.8 Å². The number of unbranched alkanes of at least 4 members (excludes halogenated alkanes) is 5. The molecule has 172 valence electrons. The van der Waals surface area contributed by atoms with Crippen LogP contribution in [0.4, 0.5) is 0 Å². The summed E-state index contributed by atoms with van der Waals surface area (Å²) in [7, 11) is -4.56. The average Bonchev–Trinajstić information content (AvgIpc) is 2.70. The van der Waals surface area contributed by atoms with Crippen LogP contribution in [0, 0.1) is 0 Å². The Bertz CT molecular complexity index is 499. The third-order valence-electron chi connectivity index (χ3n) is 3.87. The highest BCUT2D eigenvalue weighted by atomic mass is 31.2. The summed E-state index contributed by atoms with van der Waals surface area (Å²) in [4.78, 5) is 32.6. The predicted octanol–water partition coefficient (Wildman–Crippen LogP) is 2.09. The van der Waals surface area contributed by atoms with Crippen molar-refractivity contribution in [3.05, 3.63) is 0 Å². The highest BCUT2D eigenvalue weighted by molar-refractivity contribution is 7.47. The van der Waals surface area contributed by atoms with Crippen molar-refractivity contribution in [3.63, 3.8) is 0 Å². The van der Waals surface area contributed by atoms with Gasteiger partial charge in [-0.05, 0) is 6.42 Å². The molecule has 0 rings (SSSR count). The fraction of sp³-hybridized carbons (Fsp3) is 0.889. The topological polar surface area (TPSA) is 149 Å². The fourth-order valence-corrected chi connectivity index (χ4v) is 2.99. The van der Waals surface area contributed by atoms with E-state index < -0.39 is 58.4 Å². The van der Waals surface area contributed by atoms with Gasteiger partial charge in [0.25, 0.3) is 0 Å². The van der Waals surface area contributed by atoms with Gasteiger partial charge in [0.15, 0.2) is 0 Å². The van der Waals surface area contributed by atoms with Crippen LogP contribution in [0.3, 0.4) is 0 Å². The second-order valence-corrected chi connectivity index (χ2v) is 7.97. The minimum absolute atomic E-state index is 0.0755. The molecule has 11 heteroatoms. The molecule has 3 atom stereocenters. The number of ether oxygens (including phenoxy) is 2. The average molecular weight is 442 g/mol. The number of phosphoric ester groups is 1. The summed E-state index contributed by atoms with van der Waals surface area (Å²) in [6, 6.07) is 0. The van der Waals surface area contributed by atoms with Crippen molar-refractivity contribution in [2.24, 2.45) is 0 Å². The molecule has 0 heterocycles. The summed E-state index contributed by atoms with van der Waals surface area (Å²) >= 11 is 0. The van der Waals surface area contributed by atoms with Crippen LogP contribution in [-0.2, 0) is 32.7 Å². The van der Waals surface area contributed by atoms with E-state index in [9.17, 15) is 24.2 Å². The molecule has 3 N–H and O–H groups in total. The lowest BCUT2D eigenvalue weighted by Gasteiger charge is -2.20. The first-order valence-corrected chi connectivity index (χ1v) is 11.5. The van der Waals surface area contributed by atoms with Crippen molar-refractivity contribution in [2.75, 3.05) is 26.4 Å². The van der Waals surface area contributed by atoms with Gasteiger partial charge in [0.05, 0.1) is 26.4 Å². The zero-order valence-corrected chi connectivity index (χ0v) is 18.2. The largest absolute Gasteiger partial charge is 0.472 e. The van der Waals surface area contributed by atoms with Gasteiger partial charge in [0.1, 0.15) is 12.2 Å². The molecule has 0 aromatic heterocycles. The number of aliphatic hydroxyl groups excluding tert-OH is 2. The number of hydrogen-bond acceptors (Lipinski definition) is 9. The monoisotopic (exact) mass is 442 g/mol. The van der Waals surface area contributed by atoms with Crippen LogP contribution in [0.2, 0.25) is 0 Å². The molecule has 29 heavy (non-hydrogen) atoms. The number of aliphatic hydroxyl groups is 2.